The van der Waals surface area contributed by atoms with Crippen LogP contribution in [0.3, 0.4) is 0 Å². The van der Waals surface area contributed by atoms with Crippen molar-refractivity contribution >= 4 is 17.5 Å². The summed E-state index contributed by atoms with van der Waals surface area (Å²) in [6, 6.07) is 6.73. The Kier molecular flexibility index (Phi) is 4.57. The molecule has 1 aromatic carbocycles. The van der Waals surface area contributed by atoms with E-state index in [4.69, 9.17) is 10.8 Å². The number of nitrogens with two attached hydrogens (primary N) is 1. The van der Waals surface area contributed by atoms with Crippen LogP contribution in [0.25, 0.3) is 0 Å². The number of nitrogens with zero attached hydrogens (tertiary/aromatic N) is 1. The zero-order valence-corrected chi connectivity index (χ0v) is 11.2. The number of amides is 2. The molecule has 6 heteroatoms. The van der Waals surface area contributed by atoms with Gasteiger partial charge in [0.15, 0.2) is 0 Å². The molecule has 0 radical (unpaired) electrons. The molecule has 0 aliphatic heterocycles. The van der Waals surface area contributed by atoms with Crippen LogP contribution in [0.4, 0.5) is 5.69 Å². The van der Waals surface area contributed by atoms with Gasteiger partial charge < -0.3 is 21.1 Å². The van der Waals surface area contributed by atoms with Crippen LogP contribution in [-0.2, 0) is 4.79 Å². The van der Waals surface area contributed by atoms with E-state index in [0.717, 1.165) is 12.8 Å². The Labute approximate surface area is 117 Å². The normalized spacial score (nSPS) is 13.8. The Morgan fingerprint density at radius 3 is 2.50 bits per heavy atom. The van der Waals surface area contributed by atoms with E-state index in [1.165, 1.54) is 0 Å². The molecule has 108 valence electrons. The van der Waals surface area contributed by atoms with Crippen LogP contribution in [0.5, 0.6) is 0 Å². The first-order valence-electron chi connectivity index (χ1n) is 6.66. The number of anilines is 1. The summed E-state index contributed by atoms with van der Waals surface area (Å²) in [4.78, 5) is 25.5. The van der Waals surface area contributed by atoms with Crippen LogP contribution in [0.2, 0.25) is 0 Å². The molecule has 20 heavy (non-hydrogen) atoms. The zero-order valence-electron chi connectivity index (χ0n) is 11.2. The molecule has 1 aliphatic carbocycles. The molecule has 6 nitrogen and oxygen atoms in total. The molecular weight excluding hydrogens is 258 g/mol. The first-order valence-corrected chi connectivity index (χ1v) is 6.66. The summed E-state index contributed by atoms with van der Waals surface area (Å²) < 4.78 is 0. The fourth-order valence-electron chi connectivity index (χ4n) is 2.00. The average Bonchev–Trinajstić information content (AvgIpc) is 3.27. The monoisotopic (exact) mass is 277 g/mol. The number of carbonyl (C=O) groups is 2. The van der Waals surface area contributed by atoms with Crippen LogP contribution in [0.15, 0.2) is 24.3 Å². The summed E-state index contributed by atoms with van der Waals surface area (Å²) in [7, 11) is 0. The lowest BCUT2D eigenvalue weighted by Gasteiger charge is -2.21. The summed E-state index contributed by atoms with van der Waals surface area (Å²) >= 11 is 0. The second kappa shape index (κ2) is 6.38. The van der Waals surface area contributed by atoms with Crippen molar-refractivity contribution in [2.45, 2.75) is 18.9 Å². The highest BCUT2D eigenvalue weighted by Crippen LogP contribution is 2.26. The van der Waals surface area contributed by atoms with Crippen LogP contribution >= 0.6 is 0 Å². The molecule has 2 rings (SSSR count). The molecule has 1 fully saturated rings. The zero-order chi connectivity index (χ0) is 14.5. The third-order valence-corrected chi connectivity index (χ3v) is 3.22. The summed E-state index contributed by atoms with van der Waals surface area (Å²) in [5.74, 6) is -0.469. The third kappa shape index (κ3) is 3.71. The fraction of sp³-hybridized carbons (Fsp3) is 0.429. The summed E-state index contributed by atoms with van der Waals surface area (Å²) in [6.45, 7) is 0.203. The predicted molar refractivity (Wildman–Crippen MR) is 75.0 cm³/mol. The lowest BCUT2D eigenvalue weighted by molar-refractivity contribution is -0.131. The Morgan fingerprint density at radius 1 is 1.30 bits per heavy atom. The smallest absolute Gasteiger partial charge is 0.251 e. The third-order valence-electron chi connectivity index (χ3n) is 3.22. The minimum absolute atomic E-state index is 0.0558. The van der Waals surface area contributed by atoms with Gasteiger partial charge in [-0.2, -0.15) is 0 Å². The second-order valence-corrected chi connectivity index (χ2v) is 4.85. The maximum atomic E-state index is 12.0. The molecular formula is C14H19N3O3. The van der Waals surface area contributed by atoms with Gasteiger partial charge in [0, 0.05) is 23.8 Å². The van der Waals surface area contributed by atoms with Crippen molar-refractivity contribution < 1.29 is 14.7 Å². The molecule has 0 saturated heterocycles. The molecule has 1 saturated carbocycles. The maximum absolute atomic E-state index is 12.0. The topological polar surface area (TPSA) is 95.7 Å². The Hall–Kier alpha value is -2.08. The van der Waals surface area contributed by atoms with Gasteiger partial charge in [-0.25, -0.2) is 0 Å². The molecule has 0 atom stereocenters. The van der Waals surface area contributed by atoms with Crippen LogP contribution in [0, 0.1) is 0 Å². The highest BCUT2D eigenvalue weighted by atomic mass is 16.3. The van der Waals surface area contributed by atoms with E-state index >= 15 is 0 Å². The molecule has 0 spiro atoms. The number of carbonyl (C=O) groups excluding carboxylic acids is 2. The highest BCUT2D eigenvalue weighted by molar-refractivity contribution is 5.96. The molecule has 1 aromatic rings. The number of aliphatic hydroxyl groups excluding tert-OH is 1. The molecule has 0 heterocycles. The largest absolute Gasteiger partial charge is 0.399 e. The number of nitrogens with one attached hydrogen (secondary N) is 1. The van der Waals surface area contributed by atoms with E-state index in [2.05, 4.69) is 5.32 Å². The van der Waals surface area contributed by atoms with Gasteiger partial charge in [-0.05, 0) is 37.1 Å². The number of nitrogen functional groups attached to an aromatic ring is 1. The van der Waals surface area contributed by atoms with Crippen molar-refractivity contribution in [1.29, 1.82) is 0 Å². The van der Waals surface area contributed by atoms with Crippen molar-refractivity contribution in [1.82, 2.24) is 10.2 Å². The molecule has 0 unspecified atom stereocenters. The Balaban J connectivity index is 1.85. The number of aliphatic hydroxyl groups is 1. The summed E-state index contributed by atoms with van der Waals surface area (Å²) in [5, 5.41) is 11.5. The number of hydrogen-bond acceptors (Lipinski definition) is 4. The van der Waals surface area contributed by atoms with Crippen molar-refractivity contribution in [3.8, 4) is 0 Å². The quantitative estimate of drug-likeness (QED) is 0.637. The van der Waals surface area contributed by atoms with Crippen molar-refractivity contribution in [3.63, 3.8) is 0 Å². The molecule has 1 aliphatic rings. The Morgan fingerprint density at radius 2 is 1.95 bits per heavy atom. The summed E-state index contributed by atoms with van der Waals surface area (Å²) in [5.41, 5.74) is 6.59. The molecule has 4 N–H and O–H groups in total. The average molecular weight is 277 g/mol. The number of hydrogen-bond donors (Lipinski definition) is 3. The molecule has 2 amide bonds. The highest BCUT2D eigenvalue weighted by Gasteiger charge is 2.31. The second-order valence-electron chi connectivity index (χ2n) is 4.85. The van der Waals surface area contributed by atoms with Gasteiger partial charge in [-0.1, -0.05) is 0 Å². The maximum Gasteiger partial charge on any atom is 0.251 e. The van der Waals surface area contributed by atoms with Gasteiger partial charge in [-0.3, -0.25) is 9.59 Å². The minimum Gasteiger partial charge on any atom is -0.399 e. The van der Waals surface area contributed by atoms with E-state index in [9.17, 15) is 9.59 Å². The van der Waals surface area contributed by atoms with Gasteiger partial charge in [-0.15, -0.1) is 0 Å². The van der Waals surface area contributed by atoms with E-state index < -0.39 is 0 Å². The first kappa shape index (κ1) is 14.3. The van der Waals surface area contributed by atoms with Gasteiger partial charge in [0.1, 0.15) is 0 Å². The summed E-state index contributed by atoms with van der Waals surface area (Å²) in [6.07, 6.45) is 1.94. The van der Waals surface area contributed by atoms with Gasteiger partial charge in [0.2, 0.25) is 5.91 Å². The Bertz CT molecular complexity index is 483. The SMILES string of the molecule is Nc1ccc(C(=O)NCC(=O)N(CCO)C2CC2)cc1. The van der Waals surface area contributed by atoms with E-state index in [-0.39, 0.29) is 31.0 Å². The van der Waals surface area contributed by atoms with Crippen LogP contribution in [0.1, 0.15) is 23.2 Å². The standard InChI is InChI=1S/C14H19N3O3/c15-11-3-1-10(2-4-11)14(20)16-9-13(19)17(7-8-18)12-5-6-12/h1-4,12,18H,5-9,15H2,(H,16,20). The van der Waals surface area contributed by atoms with Gasteiger partial charge >= 0.3 is 0 Å². The molecule has 0 bridgehead atoms. The van der Waals surface area contributed by atoms with Crippen LogP contribution in [-0.4, -0.2) is 47.6 Å². The van der Waals surface area contributed by atoms with Crippen molar-refractivity contribution in [3.05, 3.63) is 29.8 Å². The van der Waals surface area contributed by atoms with E-state index in [0.29, 0.717) is 17.8 Å². The van der Waals surface area contributed by atoms with E-state index in [1.54, 1.807) is 29.2 Å². The molecule has 0 aromatic heterocycles. The predicted octanol–water partition coefficient (Wildman–Crippen LogP) is -0.0181. The van der Waals surface area contributed by atoms with Crippen molar-refractivity contribution in [2.24, 2.45) is 0 Å². The number of rotatable bonds is 6. The van der Waals surface area contributed by atoms with Gasteiger partial charge in [0.05, 0.1) is 13.2 Å². The van der Waals surface area contributed by atoms with Crippen molar-refractivity contribution in [2.75, 3.05) is 25.4 Å². The lowest BCUT2D eigenvalue weighted by atomic mass is 10.2. The van der Waals surface area contributed by atoms with Crippen LogP contribution < -0.4 is 11.1 Å². The van der Waals surface area contributed by atoms with Gasteiger partial charge in [0.25, 0.3) is 5.91 Å². The van der Waals surface area contributed by atoms with E-state index in [1.807, 2.05) is 0 Å². The fourth-order valence-corrected chi connectivity index (χ4v) is 2.00. The minimum atomic E-state index is -0.307. The lowest BCUT2D eigenvalue weighted by Crippen LogP contribution is -2.42. The first-order chi connectivity index (χ1) is 9.61. The number of benzene rings is 1.